The third kappa shape index (κ3) is 5.10. The first-order chi connectivity index (χ1) is 9.11. The summed E-state index contributed by atoms with van der Waals surface area (Å²) in [4.78, 5) is 0. The third-order valence-electron chi connectivity index (χ3n) is 1.93. The van der Waals surface area contributed by atoms with Gasteiger partial charge in [0.1, 0.15) is 0 Å². The molecule has 0 bridgehead atoms. The fourth-order valence-electron chi connectivity index (χ4n) is 0.964. The molecule has 11 heteroatoms. The Kier molecular flexibility index (Phi) is 10.7. The molecule has 2 aromatic rings. The van der Waals surface area contributed by atoms with E-state index in [1.165, 1.54) is 0 Å². The summed E-state index contributed by atoms with van der Waals surface area (Å²) in [5, 5.41) is 2.07. The topological polar surface area (TPSA) is 0 Å². The predicted octanol–water partition coefficient (Wildman–Crippen LogP) is 9.34. The Balaban J connectivity index is 0.000000364. The van der Waals surface area contributed by atoms with Gasteiger partial charge in [-0.1, -0.05) is 20.1 Å². The van der Waals surface area contributed by atoms with E-state index >= 15 is 0 Å². The van der Waals surface area contributed by atoms with Gasteiger partial charge in [-0.05, 0) is 30.1 Å². The Hall–Kier alpha value is 2.22. The van der Waals surface area contributed by atoms with Gasteiger partial charge in [0.05, 0.1) is 0 Å². The van der Waals surface area contributed by atoms with E-state index in [0.29, 0.717) is 0 Å². The molecule has 0 aliphatic rings. The number of halogens is 10. The molecule has 0 saturated carbocycles. The van der Waals surface area contributed by atoms with Crippen LogP contribution in [0.4, 0.5) is 0 Å². The van der Waals surface area contributed by atoms with Crippen LogP contribution in [0.25, 0.3) is 0 Å². The Morgan fingerprint density at radius 2 is 0.571 bits per heavy atom. The zero-order valence-corrected chi connectivity index (χ0v) is 18.4. The van der Waals surface area contributed by atoms with Crippen LogP contribution in [-0.4, -0.2) is 0 Å². The summed E-state index contributed by atoms with van der Waals surface area (Å²) in [5.41, 5.74) is 0. The molecule has 2 rings (SSSR count). The quantitative estimate of drug-likeness (QED) is 0.217. The molecule has 0 amide bonds. The normalized spacial score (nSPS) is 10.0. The monoisotopic (exact) mass is 572 g/mol. The fraction of sp³-hybridized carbons (Fsp3) is 0. The molecule has 0 aromatic heterocycles. The molecule has 0 radical (unpaired) electrons. The summed E-state index contributed by atoms with van der Waals surface area (Å²) >= 11 is 55.7. The minimum Gasteiger partial charge on any atom is -0.177 e. The van der Waals surface area contributed by atoms with E-state index in [9.17, 15) is 0 Å². The van der Waals surface area contributed by atoms with Crippen LogP contribution in [0.15, 0.2) is 0 Å². The maximum Gasteiger partial charge on any atom is 2.00 e. The van der Waals surface area contributed by atoms with Crippen molar-refractivity contribution in [2.45, 2.75) is 0 Å². The summed E-state index contributed by atoms with van der Waals surface area (Å²) in [7, 11) is 0. The maximum absolute atomic E-state index is 5.57. The smallest absolute Gasteiger partial charge is 0.177 e. The van der Waals surface area contributed by atoms with Crippen molar-refractivity contribution in [2.24, 2.45) is 0 Å². The Morgan fingerprint density at radius 3 is 0.619 bits per heavy atom. The van der Waals surface area contributed by atoms with Crippen molar-refractivity contribution >= 4 is 116 Å². The number of hydrogen-bond donors (Lipinski definition) is 0. The molecule has 2 aromatic carbocycles. The molecule has 0 aliphatic carbocycles. The van der Waals surface area contributed by atoms with Crippen molar-refractivity contribution in [3.63, 3.8) is 0 Å². The van der Waals surface area contributed by atoms with Crippen LogP contribution in [0.2, 0.25) is 50.2 Å². The molecular formula is C10Cl10Ru. The van der Waals surface area contributed by atoms with Gasteiger partial charge in [-0.25, -0.2) is 0 Å². The summed E-state index contributed by atoms with van der Waals surface area (Å²) in [6, 6.07) is 0. The van der Waals surface area contributed by atoms with E-state index in [2.05, 4.69) is 0 Å². The van der Waals surface area contributed by atoms with Crippen LogP contribution in [0.5, 0.6) is 0 Å². The second-order valence-corrected chi connectivity index (χ2v) is 6.92. The molecule has 0 nitrogen and oxygen atoms in total. The molecule has 0 saturated heterocycles. The maximum atomic E-state index is 5.57. The van der Waals surface area contributed by atoms with Crippen molar-refractivity contribution in [3.05, 3.63) is 50.2 Å². The van der Waals surface area contributed by atoms with E-state index in [1.807, 2.05) is 0 Å². The minimum atomic E-state index is 0. The van der Waals surface area contributed by atoms with Gasteiger partial charge in [0.2, 0.25) is 0 Å². The van der Waals surface area contributed by atoms with E-state index in [-0.39, 0.29) is 69.7 Å². The van der Waals surface area contributed by atoms with Gasteiger partial charge in [-0.15, -0.1) is 46.4 Å². The predicted molar refractivity (Wildman–Crippen MR) is 94.2 cm³/mol. The van der Waals surface area contributed by atoms with E-state index in [0.717, 1.165) is 0 Å². The van der Waals surface area contributed by atoms with Crippen molar-refractivity contribution < 1.29 is 19.5 Å². The SMILES string of the molecule is Clc1c(Cl)c(Cl)[c-](Cl)c1Cl.Clc1c(Cl)c(Cl)[c-](Cl)c1Cl.[Ru+2]. The van der Waals surface area contributed by atoms with Crippen LogP contribution in [0.1, 0.15) is 0 Å². The Bertz CT molecular complexity index is 424. The van der Waals surface area contributed by atoms with Gasteiger partial charge >= 0.3 is 19.5 Å². The molecule has 0 N–H and O–H groups in total. The number of rotatable bonds is 0. The average Bonchev–Trinajstić information content (AvgIpc) is 2.71. The fourth-order valence-corrected chi connectivity index (χ4v) is 3.34. The Morgan fingerprint density at radius 1 is 0.429 bits per heavy atom. The van der Waals surface area contributed by atoms with Gasteiger partial charge in [0.15, 0.2) is 0 Å². The molecule has 0 heterocycles. The van der Waals surface area contributed by atoms with Crippen molar-refractivity contribution in [2.75, 3.05) is 0 Å². The zero-order chi connectivity index (χ0) is 15.8. The molecule has 21 heavy (non-hydrogen) atoms. The largest absolute Gasteiger partial charge is 2.00 e. The van der Waals surface area contributed by atoms with E-state index in [1.54, 1.807) is 0 Å². The van der Waals surface area contributed by atoms with Crippen LogP contribution >= 0.6 is 116 Å². The van der Waals surface area contributed by atoms with Crippen molar-refractivity contribution in [3.8, 4) is 0 Å². The second-order valence-electron chi connectivity index (χ2n) is 3.14. The van der Waals surface area contributed by atoms with Crippen LogP contribution in [0.3, 0.4) is 0 Å². The molecule has 118 valence electrons. The van der Waals surface area contributed by atoms with Gasteiger partial charge in [0, 0.05) is 0 Å². The molecule has 0 atom stereocenters. The van der Waals surface area contributed by atoms with Crippen molar-refractivity contribution in [1.29, 1.82) is 0 Å². The molecule has 0 fully saturated rings. The van der Waals surface area contributed by atoms with Gasteiger partial charge in [-0.2, -0.15) is 69.6 Å². The molecule has 0 spiro atoms. The second kappa shape index (κ2) is 9.64. The molecular weight excluding hydrogens is 576 g/mol. The standard InChI is InChI=1S/2C5Cl5.Ru/c2*6-1-2(7)4(9)5(10)3(1)8;/q2*-1;+2. The van der Waals surface area contributed by atoms with E-state index < -0.39 is 0 Å². The molecule has 0 unspecified atom stereocenters. The summed E-state index contributed by atoms with van der Waals surface area (Å²) in [6.07, 6.45) is 0. The Labute approximate surface area is 183 Å². The van der Waals surface area contributed by atoms with E-state index in [4.69, 9.17) is 116 Å². The van der Waals surface area contributed by atoms with Crippen molar-refractivity contribution in [1.82, 2.24) is 0 Å². The van der Waals surface area contributed by atoms with Crippen LogP contribution in [-0.2, 0) is 19.5 Å². The van der Waals surface area contributed by atoms with Gasteiger partial charge < -0.3 is 0 Å². The summed E-state index contributed by atoms with van der Waals surface area (Å²) in [5.74, 6) is 0. The van der Waals surface area contributed by atoms with Gasteiger partial charge in [0.25, 0.3) is 0 Å². The first kappa shape index (κ1) is 23.2. The first-order valence-corrected chi connectivity index (χ1v) is 8.17. The first-order valence-electron chi connectivity index (χ1n) is 4.39. The summed E-state index contributed by atoms with van der Waals surface area (Å²) < 4.78 is 0. The summed E-state index contributed by atoms with van der Waals surface area (Å²) in [6.45, 7) is 0. The van der Waals surface area contributed by atoms with Gasteiger partial charge in [-0.3, -0.25) is 0 Å². The third-order valence-corrected chi connectivity index (χ3v) is 6.67. The zero-order valence-electron chi connectivity index (χ0n) is 9.13. The molecule has 0 aliphatic heterocycles. The number of hydrogen-bond acceptors (Lipinski definition) is 0. The van der Waals surface area contributed by atoms with Crippen LogP contribution in [0, 0.1) is 0 Å². The van der Waals surface area contributed by atoms with Crippen LogP contribution < -0.4 is 0 Å². The minimum absolute atomic E-state index is 0. The average molecular weight is 576 g/mol.